The summed E-state index contributed by atoms with van der Waals surface area (Å²) >= 11 is 0. The molecule has 0 unspecified atom stereocenters. The first-order valence-corrected chi connectivity index (χ1v) is 5.81. The lowest BCUT2D eigenvalue weighted by Crippen LogP contribution is -2.48. The Hall–Kier alpha value is -1.62. The van der Waals surface area contributed by atoms with Crippen LogP contribution < -0.4 is 10.9 Å². The lowest BCUT2D eigenvalue weighted by atomic mass is 9.89. The van der Waals surface area contributed by atoms with Crippen molar-refractivity contribution >= 4 is 5.91 Å². The number of carbonyl (C=O) groups is 1. The van der Waals surface area contributed by atoms with Crippen LogP contribution in [0.25, 0.3) is 0 Å². The lowest BCUT2D eigenvalue weighted by molar-refractivity contribution is -0.00867. The van der Waals surface area contributed by atoms with Gasteiger partial charge in [-0.25, -0.2) is 0 Å². The first kappa shape index (κ1) is 11.9. The summed E-state index contributed by atoms with van der Waals surface area (Å²) in [5, 5.41) is 2.86. The largest absolute Gasteiger partial charge is 0.378 e. The lowest BCUT2D eigenvalue weighted by Gasteiger charge is -2.35. The zero-order chi connectivity index (χ0) is 12.3. The molecule has 0 radical (unpaired) electrons. The first-order chi connectivity index (χ1) is 8.19. The third-order valence-corrected chi connectivity index (χ3v) is 2.85. The molecule has 5 heteroatoms. The summed E-state index contributed by atoms with van der Waals surface area (Å²) in [5.74, 6) is -0.234. The number of hydrogen-bond acceptors (Lipinski definition) is 3. The van der Waals surface area contributed by atoms with Crippen molar-refractivity contribution in [3.05, 3.63) is 34.2 Å². The molecular weight excluding hydrogens is 220 g/mol. The molecule has 0 spiro atoms. The Morgan fingerprint density at radius 2 is 2.29 bits per heavy atom. The van der Waals surface area contributed by atoms with Crippen LogP contribution in [0, 0.1) is 0 Å². The van der Waals surface area contributed by atoms with Crippen LogP contribution >= 0.6 is 0 Å². The van der Waals surface area contributed by atoms with Gasteiger partial charge >= 0.3 is 0 Å². The van der Waals surface area contributed by atoms with Crippen LogP contribution in [0.1, 0.15) is 30.3 Å². The standard InChI is InChI=1S/C12H16N2O3/c1-2-17-9-6-8(7-9)13-12(16)10-4-3-5-11(15)14-10/h3-5,8-9H,2,6-7H2,1H3,(H,13,16)(H,14,15). The molecule has 0 aliphatic heterocycles. The fourth-order valence-electron chi connectivity index (χ4n) is 1.90. The molecule has 1 aliphatic rings. The minimum absolute atomic E-state index is 0.155. The molecule has 0 atom stereocenters. The number of pyridine rings is 1. The Labute approximate surface area is 99.2 Å². The van der Waals surface area contributed by atoms with Gasteiger partial charge in [0.2, 0.25) is 5.56 Å². The fraction of sp³-hybridized carbons (Fsp3) is 0.500. The number of carbonyl (C=O) groups excluding carboxylic acids is 1. The van der Waals surface area contributed by atoms with Crippen LogP contribution in [0.5, 0.6) is 0 Å². The normalized spacial score (nSPS) is 22.9. The maximum absolute atomic E-state index is 11.7. The highest BCUT2D eigenvalue weighted by Gasteiger charge is 2.30. The SMILES string of the molecule is CCOC1CC(NC(=O)c2cccc(=O)[nH]2)C1. The van der Waals surface area contributed by atoms with Crippen molar-refractivity contribution in [2.24, 2.45) is 0 Å². The van der Waals surface area contributed by atoms with Crippen molar-refractivity contribution in [1.82, 2.24) is 10.3 Å². The van der Waals surface area contributed by atoms with Gasteiger partial charge in [-0.1, -0.05) is 6.07 Å². The van der Waals surface area contributed by atoms with E-state index in [4.69, 9.17) is 4.74 Å². The quantitative estimate of drug-likeness (QED) is 0.807. The van der Waals surface area contributed by atoms with Crippen LogP contribution in [-0.2, 0) is 4.74 Å². The molecular formula is C12H16N2O3. The average Bonchev–Trinajstić information content (AvgIpc) is 2.26. The number of nitrogens with one attached hydrogen (secondary N) is 2. The van der Waals surface area contributed by atoms with Crippen molar-refractivity contribution in [3.63, 3.8) is 0 Å². The van der Waals surface area contributed by atoms with Crippen molar-refractivity contribution in [2.75, 3.05) is 6.61 Å². The number of H-pyrrole nitrogens is 1. The van der Waals surface area contributed by atoms with Crippen LogP contribution in [0.4, 0.5) is 0 Å². The molecule has 5 nitrogen and oxygen atoms in total. The van der Waals surface area contributed by atoms with Gasteiger partial charge in [-0.2, -0.15) is 0 Å². The Balaban J connectivity index is 1.85. The number of amides is 1. The van der Waals surface area contributed by atoms with Crippen molar-refractivity contribution < 1.29 is 9.53 Å². The summed E-state index contributed by atoms with van der Waals surface area (Å²) in [6.45, 7) is 2.66. The Morgan fingerprint density at radius 1 is 1.53 bits per heavy atom. The molecule has 1 amide bonds. The minimum Gasteiger partial charge on any atom is -0.378 e. The van der Waals surface area contributed by atoms with E-state index in [1.54, 1.807) is 12.1 Å². The summed E-state index contributed by atoms with van der Waals surface area (Å²) in [4.78, 5) is 25.3. The van der Waals surface area contributed by atoms with E-state index < -0.39 is 0 Å². The van der Waals surface area contributed by atoms with E-state index >= 15 is 0 Å². The molecule has 0 saturated heterocycles. The highest BCUT2D eigenvalue weighted by atomic mass is 16.5. The second-order valence-electron chi connectivity index (χ2n) is 4.15. The van der Waals surface area contributed by atoms with Gasteiger partial charge in [0.05, 0.1) is 6.10 Å². The molecule has 1 aromatic rings. The van der Waals surface area contributed by atoms with Crippen molar-refractivity contribution in [2.45, 2.75) is 31.9 Å². The van der Waals surface area contributed by atoms with Gasteiger partial charge < -0.3 is 15.0 Å². The van der Waals surface area contributed by atoms with Crippen LogP contribution in [0.2, 0.25) is 0 Å². The van der Waals surface area contributed by atoms with E-state index in [0.29, 0.717) is 12.3 Å². The van der Waals surface area contributed by atoms with Gasteiger partial charge in [0.1, 0.15) is 5.69 Å². The number of rotatable bonds is 4. The summed E-state index contributed by atoms with van der Waals surface area (Å²) in [7, 11) is 0. The number of aromatic nitrogens is 1. The summed E-state index contributed by atoms with van der Waals surface area (Å²) < 4.78 is 5.41. The number of ether oxygens (including phenoxy) is 1. The second kappa shape index (κ2) is 5.14. The van der Waals surface area contributed by atoms with Crippen LogP contribution in [0.15, 0.2) is 23.0 Å². The third-order valence-electron chi connectivity index (χ3n) is 2.85. The van der Waals surface area contributed by atoms with Crippen molar-refractivity contribution in [3.8, 4) is 0 Å². The fourth-order valence-corrected chi connectivity index (χ4v) is 1.90. The maximum atomic E-state index is 11.7. The van der Waals surface area contributed by atoms with Gasteiger partial charge in [-0.05, 0) is 25.8 Å². The molecule has 17 heavy (non-hydrogen) atoms. The molecule has 0 bridgehead atoms. The predicted octanol–water partition coefficient (Wildman–Crippen LogP) is 0.672. The smallest absolute Gasteiger partial charge is 0.268 e. The number of aromatic amines is 1. The van der Waals surface area contributed by atoms with E-state index in [9.17, 15) is 9.59 Å². The van der Waals surface area contributed by atoms with E-state index in [0.717, 1.165) is 12.8 Å². The van der Waals surface area contributed by atoms with Crippen LogP contribution in [-0.4, -0.2) is 29.6 Å². The highest BCUT2D eigenvalue weighted by Crippen LogP contribution is 2.23. The summed E-state index contributed by atoms with van der Waals surface area (Å²) in [6.07, 6.45) is 1.95. The van der Waals surface area contributed by atoms with E-state index in [1.165, 1.54) is 6.07 Å². The van der Waals surface area contributed by atoms with E-state index in [2.05, 4.69) is 10.3 Å². The predicted molar refractivity (Wildman–Crippen MR) is 63.0 cm³/mol. The second-order valence-corrected chi connectivity index (χ2v) is 4.15. The van der Waals surface area contributed by atoms with Gasteiger partial charge in [0.25, 0.3) is 5.91 Å². The number of hydrogen-bond donors (Lipinski definition) is 2. The summed E-state index contributed by atoms with van der Waals surface area (Å²) in [5.41, 5.74) is 0.0378. The van der Waals surface area contributed by atoms with Crippen molar-refractivity contribution in [1.29, 1.82) is 0 Å². The van der Waals surface area contributed by atoms with Gasteiger partial charge in [0.15, 0.2) is 0 Å². The Bertz CT molecular complexity index is 449. The molecule has 0 aromatic carbocycles. The maximum Gasteiger partial charge on any atom is 0.268 e. The Kier molecular flexibility index (Phi) is 3.58. The van der Waals surface area contributed by atoms with Gasteiger partial charge in [-0.3, -0.25) is 9.59 Å². The molecule has 92 valence electrons. The van der Waals surface area contributed by atoms with Gasteiger partial charge in [0, 0.05) is 18.7 Å². The first-order valence-electron chi connectivity index (χ1n) is 5.81. The molecule has 1 aromatic heterocycles. The molecule has 1 fully saturated rings. The Morgan fingerprint density at radius 3 is 2.94 bits per heavy atom. The van der Waals surface area contributed by atoms with Crippen LogP contribution in [0.3, 0.4) is 0 Å². The van der Waals surface area contributed by atoms with E-state index in [1.807, 2.05) is 6.92 Å². The molecule has 2 rings (SSSR count). The molecule has 1 aliphatic carbocycles. The summed E-state index contributed by atoms with van der Waals surface area (Å²) in [6, 6.07) is 4.70. The molecule has 1 heterocycles. The van der Waals surface area contributed by atoms with E-state index in [-0.39, 0.29) is 23.6 Å². The average molecular weight is 236 g/mol. The topological polar surface area (TPSA) is 71.2 Å². The molecule has 1 saturated carbocycles. The molecule has 2 N–H and O–H groups in total. The zero-order valence-electron chi connectivity index (χ0n) is 9.73. The zero-order valence-corrected chi connectivity index (χ0v) is 9.73. The minimum atomic E-state index is -0.265. The third kappa shape index (κ3) is 2.94. The highest BCUT2D eigenvalue weighted by molar-refractivity contribution is 5.92. The monoisotopic (exact) mass is 236 g/mol. The van der Waals surface area contributed by atoms with Gasteiger partial charge in [-0.15, -0.1) is 0 Å².